The average molecular weight is 540 g/mol. The number of aryl methyl sites for hydroxylation is 1. The second-order valence-electron chi connectivity index (χ2n) is 10.2. The Balaban J connectivity index is 1.47. The molecule has 4 rings (SSSR count). The van der Waals surface area contributed by atoms with Gasteiger partial charge in [-0.1, -0.05) is 60.7 Å². The molecule has 0 bridgehead atoms. The molecule has 1 heterocycles. The van der Waals surface area contributed by atoms with Crippen LogP contribution in [0.4, 0.5) is 0 Å². The van der Waals surface area contributed by atoms with E-state index in [0.29, 0.717) is 17.5 Å². The molecule has 4 aromatic rings. The molecule has 0 fully saturated rings. The van der Waals surface area contributed by atoms with Crippen molar-refractivity contribution in [2.75, 3.05) is 6.54 Å². The summed E-state index contributed by atoms with van der Waals surface area (Å²) in [6.45, 7) is 5.98. The summed E-state index contributed by atoms with van der Waals surface area (Å²) in [5.74, 6) is 0.155. The second kappa shape index (κ2) is 13.7. The largest absolute Gasteiger partial charge is 0.468 e. The topological polar surface area (TPSA) is 104 Å². The molecule has 3 aromatic carbocycles. The highest BCUT2D eigenvalue weighted by Gasteiger charge is 2.24. The SMILES string of the molecule is Cc1cc(C(=O)N[C@@H](C)c2ccccc2)cc(C(=O)N[C@@H](Cc2ccccc2)[C@H](O)CNC(C)c2ccco2)c1. The number of carbonyl (C=O) groups is 2. The molecule has 0 spiro atoms. The van der Waals surface area contributed by atoms with E-state index in [-0.39, 0.29) is 30.4 Å². The molecule has 40 heavy (non-hydrogen) atoms. The van der Waals surface area contributed by atoms with Crippen LogP contribution in [0.5, 0.6) is 0 Å². The molecule has 0 radical (unpaired) electrons. The van der Waals surface area contributed by atoms with Crippen LogP contribution in [0.15, 0.2) is 102 Å². The molecular formula is C33H37N3O4. The molecule has 0 saturated heterocycles. The fourth-order valence-corrected chi connectivity index (χ4v) is 4.63. The number of nitrogens with one attached hydrogen (secondary N) is 3. The highest BCUT2D eigenvalue weighted by molar-refractivity contribution is 6.00. The van der Waals surface area contributed by atoms with Crippen molar-refractivity contribution in [1.29, 1.82) is 0 Å². The van der Waals surface area contributed by atoms with E-state index in [1.54, 1.807) is 24.5 Å². The number of aliphatic hydroxyl groups is 1. The predicted octanol–water partition coefficient (Wildman–Crippen LogP) is 5.13. The lowest BCUT2D eigenvalue weighted by Crippen LogP contribution is -2.49. The molecule has 0 aliphatic rings. The maximum Gasteiger partial charge on any atom is 0.251 e. The zero-order chi connectivity index (χ0) is 28.5. The Morgan fingerprint density at radius 1 is 0.800 bits per heavy atom. The Bertz CT molecular complexity index is 1370. The van der Waals surface area contributed by atoms with Gasteiger partial charge in [0.2, 0.25) is 0 Å². The predicted molar refractivity (Wildman–Crippen MR) is 156 cm³/mol. The molecule has 208 valence electrons. The van der Waals surface area contributed by atoms with Gasteiger partial charge >= 0.3 is 0 Å². The maximum absolute atomic E-state index is 13.5. The van der Waals surface area contributed by atoms with Crippen molar-refractivity contribution in [1.82, 2.24) is 16.0 Å². The third-order valence-electron chi connectivity index (χ3n) is 6.93. The summed E-state index contributed by atoms with van der Waals surface area (Å²) in [4.78, 5) is 26.5. The van der Waals surface area contributed by atoms with Crippen LogP contribution in [0.3, 0.4) is 0 Å². The van der Waals surface area contributed by atoms with E-state index in [9.17, 15) is 14.7 Å². The van der Waals surface area contributed by atoms with Gasteiger partial charge in [0.15, 0.2) is 0 Å². The summed E-state index contributed by atoms with van der Waals surface area (Å²) in [6.07, 6.45) is 1.18. The third-order valence-corrected chi connectivity index (χ3v) is 6.93. The molecule has 4 N–H and O–H groups in total. The third kappa shape index (κ3) is 7.91. The van der Waals surface area contributed by atoms with Crippen molar-refractivity contribution in [3.05, 3.63) is 131 Å². The first-order chi connectivity index (χ1) is 19.3. The number of furan rings is 1. The normalized spacial score (nSPS) is 14.1. The number of hydrogen-bond acceptors (Lipinski definition) is 5. The van der Waals surface area contributed by atoms with Crippen molar-refractivity contribution in [2.45, 2.75) is 51.4 Å². The fourth-order valence-electron chi connectivity index (χ4n) is 4.63. The van der Waals surface area contributed by atoms with Gasteiger partial charge in [-0.2, -0.15) is 0 Å². The van der Waals surface area contributed by atoms with E-state index in [0.717, 1.165) is 22.5 Å². The van der Waals surface area contributed by atoms with Gasteiger partial charge in [0.25, 0.3) is 11.8 Å². The van der Waals surface area contributed by atoms with Crippen molar-refractivity contribution in [3.8, 4) is 0 Å². The van der Waals surface area contributed by atoms with Gasteiger partial charge in [0.05, 0.1) is 30.5 Å². The van der Waals surface area contributed by atoms with Gasteiger partial charge in [0, 0.05) is 17.7 Å². The minimum atomic E-state index is -0.874. The highest BCUT2D eigenvalue weighted by atomic mass is 16.3. The van der Waals surface area contributed by atoms with E-state index in [1.807, 2.05) is 93.6 Å². The van der Waals surface area contributed by atoms with Gasteiger partial charge in [-0.25, -0.2) is 0 Å². The first-order valence-electron chi connectivity index (χ1n) is 13.6. The Hall–Kier alpha value is -4.20. The molecule has 1 unspecified atom stereocenters. The van der Waals surface area contributed by atoms with Gasteiger partial charge in [-0.3, -0.25) is 9.59 Å². The summed E-state index contributed by atoms with van der Waals surface area (Å²) in [5, 5.41) is 20.5. The fraction of sp³-hybridized carbons (Fsp3) is 0.273. The molecule has 0 saturated carbocycles. The summed E-state index contributed by atoms with van der Waals surface area (Å²) in [7, 11) is 0. The monoisotopic (exact) mass is 539 g/mol. The number of amides is 2. The lowest BCUT2D eigenvalue weighted by atomic mass is 9.99. The van der Waals surface area contributed by atoms with E-state index < -0.39 is 12.1 Å². The van der Waals surface area contributed by atoms with Crippen molar-refractivity contribution >= 4 is 11.8 Å². The number of rotatable bonds is 12. The van der Waals surface area contributed by atoms with Crippen LogP contribution >= 0.6 is 0 Å². The molecule has 0 aliphatic heterocycles. The van der Waals surface area contributed by atoms with Crippen LogP contribution in [0, 0.1) is 6.92 Å². The first kappa shape index (κ1) is 28.8. The van der Waals surface area contributed by atoms with Crippen LogP contribution in [0.25, 0.3) is 0 Å². The molecule has 0 aliphatic carbocycles. The van der Waals surface area contributed by atoms with Crippen LogP contribution in [0.1, 0.15) is 69.1 Å². The smallest absolute Gasteiger partial charge is 0.251 e. The Kier molecular flexibility index (Phi) is 9.89. The molecule has 2 amide bonds. The summed E-state index contributed by atoms with van der Waals surface area (Å²) in [5.41, 5.74) is 3.54. The highest BCUT2D eigenvalue weighted by Crippen LogP contribution is 2.17. The summed E-state index contributed by atoms with van der Waals surface area (Å²) < 4.78 is 5.45. The van der Waals surface area contributed by atoms with Gasteiger partial charge < -0.3 is 25.5 Å². The number of benzene rings is 3. The minimum Gasteiger partial charge on any atom is -0.468 e. The number of aliphatic hydroxyl groups excluding tert-OH is 1. The summed E-state index contributed by atoms with van der Waals surface area (Å²) >= 11 is 0. The second-order valence-corrected chi connectivity index (χ2v) is 10.2. The maximum atomic E-state index is 13.5. The van der Waals surface area contributed by atoms with Crippen LogP contribution in [-0.4, -0.2) is 35.6 Å². The van der Waals surface area contributed by atoms with E-state index in [1.165, 1.54) is 0 Å². The van der Waals surface area contributed by atoms with Crippen LogP contribution < -0.4 is 16.0 Å². The molecule has 4 atom stereocenters. The lowest BCUT2D eigenvalue weighted by Gasteiger charge is -2.26. The standard InChI is InChI=1S/C33H37N3O4/c1-22-17-27(32(38)35-23(2)26-13-8-5-9-14-26)20-28(18-22)33(39)36-29(19-25-11-6-4-7-12-25)30(37)21-34-24(3)31-15-10-16-40-31/h4-18,20,23-24,29-30,34,37H,19,21H2,1-3H3,(H,35,38)(H,36,39)/t23-,24?,29-,30+/m0/s1. The number of hydrogen-bond donors (Lipinski definition) is 4. The van der Waals surface area contributed by atoms with Crippen molar-refractivity contribution in [2.24, 2.45) is 0 Å². The number of carbonyl (C=O) groups excluding carboxylic acids is 2. The van der Waals surface area contributed by atoms with Crippen LogP contribution in [-0.2, 0) is 6.42 Å². The Labute approximate surface area is 235 Å². The summed E-state index contributed by atoms with van der Waals surface area (Å²) in [6, 6.07) is 27.4. The molecule has 7 nitrogen and oxygen atoms in total. The minimum absolute atomic E-state index is 0.103. The lowest BCUT2D eigenvalue weighted by molar-refractivity contribution is 0.0824. The zero-order valence-electron chi connectivity index (χ0n) is 23.1. The average Bonchev–Trinajstić information content (AvgIpc) is 3.51. The van der Waals surface area contributed by atoms with Crippen molar-refractivity contribution in [3.63, 3.8) is 0 Å². The van der Waals surface area contributed by atoms with Gasteiger partial charge in [-0.15, -0.1) is 0 Å². The van der Waals surface area contributed by atoms with E-state index >= 15 is 0 Å². The van der Waals surface area contributed by atoms with Crippen molar-refractivity contribution < 1.29 is 19.1 Å². The molecule has 1 aromatic heterocycles. The van der Waals surface area contributed by atoms with Gasteiger partial charge in [0.1, 0.15) is 5.76 Å². The quantitative estimate of drug-likeness (QED) is 0.200. The Morgan fingerprint density at radius 2 is 1.43 bits per heavy atom. The molecular weight excluding hydrogens is 502 g/mol. The first-order valence-corrected chi connectivity index (χ1v) is 13.6. The Morgan fingerprint density at radius 3 is 2.05 bits per heavy atom. The molecule has 7 heteroatoms. The van der Waals surface area contributed by atoms with Crippen LogP contribution in [0.2, 0.25) is 0 Å². The van der Waals surface area contributed by atoms with E-state index in [4.69, 9.17) is 4.42 Å². The van der Waals surface area contributed by atoms with Gasteiger partial charge in [-0.05, 0) is 74.2 Å². The van der Waals surface area contributed by atoms with E-state index in [2.05, 4.69) is 16.0 Å². The zero-order valence-corrected chi connectivity index (χ0v) is 23.1.